The Morgan fingerprint density at radius 2 is 2.11 bits per heavy atom. The Labute approximate surface area is 119 Å². The van der Waals surface area contributed by atoms with Crippen LogP contribution in [0.3, 0.4) is 0 Å². The molecule has 0 atom stereocenters. The highest BCUT2D eigenvalue weighted by Gasteiger charge is 2.20. The Morgan fingerprint density at radius 1 is 1.42 bits per heavy atom. The summed E-state index contributed by atoms with van der Waals surface area (Å²) in [6.45, 7) is 2.50. The minimum atomic E-state index is 0.169. The molecule has 0 radical (unpaired) electrons. The molecule has 104 valence electrons. The molecule has 0 aromatic heterocycles. The first-order valence-electron chi connectivity index (χ1n) is 6.60. The molecule has 1 aliphatic heterocycles. The average molecular weight is 282 g/mol. The van der Waals surface area contributed by atoms with Gasteiger partial charge in [0.05, 0.1) is 6.54 Å². The number of nitrogens with two attached hydrogens (primary N) is 1. The lowest BCUT2D eigenvalue weighted by atomic mass is 10.1. The first-order valence-corrected chi connectivity index (χ1v) is 6.97. The van der Waals surface area contributed by atoms with Crippen LogP contribution in [-0.4, -0.2) is 37.5 Å². The zero-order chi connectivity index (χ0) is 13.8. The van der Waals surface area contributed by atoms with Crippen LogP contribution in [0.5, 0.6) is 0 Å². The molecule has 1 amide bonds. The van der Waals surface area contributed by atoms with Crippen LogP contribution in [-0.2, 0) is 11.3 Å². The molecular formula is C14H20ClN3O. The van der Waals surface area contributed by atoms with Gasteiger partial charge in [0, 0.05) is 43.0 Å². The number of hydrogen-bond acceptors (Lipinski definition) is 3. The van der Waals surface area contributed by atoms with Crippen LogP contribution >= 0.6 is 11.6 Å². The van der Waals surface area contributed by atoms with Crippen molar-refractivity contribution in [3.8, 4) is 0 Å². The lowest BCUT2D eigenvalue weighted by molar-refractivity contribution is -0.128. The first kappa shape index (κ1) is 14.2. The van der Waals surface area contributed by atoms with E-state index in [1.165, 1.54) is 0 Å². The zero-order valence-electron chi connectivity index (χ0n) is 11.2. The summed E-state index contributed by atoms with van der Waals surface area (Å²) in [4.78, 5) is 16.0. The number of nitrogens with zero attached hydrogens (tertiary/aromatic N) is 2. The molecule has 1 aromatic carbocycles. The lowest BCUT2D eigenvalue weighted by Gasteiger charge is -2.25. The maximum atomic E-state index is 12.1. The maximum Gasteiger partial charge on any atom is 0.242 e. The molecule has 0 saturated carbocycles. The fourth-order valence-corrected chi connectivity index (χ4v) is 2.71. The Bertz CT molecular complexity index is 458. The number of anilines is 1. The van der Waals surface area contributed by atoms with Gasteiger partial charge in [0.1, 0.15) is 0 Å². The molecular weight excluding hydrogens is 262 g/mol. The van der Waals surface area contributed by atoms with E-state index in [9.17, 15) is 4.79 Å². The fourth-order valence-electron chi connectivity index (χ4n) is 2.46. The Kier molecular flexibility index (Phi) is 4.66. The summed E-state index contributed by atoms with van der Waals surface area (Å²) < 4.78 is 0. The zero-order valence-corrected chi connectivity index (χ0v) is 12.0. The largest absolute Gasteiger partial charge is 0.365 e. The van der Waals surface area contributed by atoms with Gasteiger partial charge in [-0.25, -0.2) is 0 Å². The van der Waals surface area contributed by atoms with Gasteiger partial charge in [0.2, 0.25) is 5.91 Å². The number of likely N-dealkylation sites (N-methyl/N-ethyl adjacent to an activating group) is 1. The Hall–Kier alpha value is -1.26. The number of amides is 1. The molecule has 0 unspecified atom stereocenters. The summed E-state index contributed by atoms with van der Waals surface area (Å²) in [5.41, 5.74) is 7.56. The normalized spacial score (nSPS) is 14.8. The third-order valence-electron chi connectivity index (χ3n) is 3.54. The highest BCUT2D eigenvalue weighted by molar-refractivity contribution is 6.31. The molecule has 4 nitrogen and oxygen atoms in total. The van der Waals surface area contributed by atoms with Crippen LogP contribution in [0.4, 0.5) is 5.69 Å². The van der Waals surface area contributed by atoms with Crippen molar-refractivity contribution in [3.63, 3.8) is 0 Å². The first-order chi connectivity index (χ1) is 9.13. The van der Waals surface area contributed by atoms with Crippen molar-refractivity contribution in [2.75, 3.05) is 31.6 Å². The quantitative estimate of drug-likeness (QED) is 0.916. The SMILES string of the molecule is CN(CC(=O)N1CCCC1)c1cccc(Cl)c1CN. The van der Waals surface area contributed by atoms with E-state index in [4.69, 9.17) is 17.3 Å². The number of likely N-dealkylation sites (tertiary alicyclic amines) is 1. The Balaban J connectivity index is 2.09. The average Bonchev–Trinajstić information content (AvgIpc) is 2.92. The molecule has 1 aliphatic rings. The van der Waals surface area contributed by atoms with E-state index in [0.29, 0.717) is 18.1 Å². The van der Waals surface area contributed by atoms with Gasteiger partial charge in [-0.05, 0) is 25.0 Å². The molecule has 2 N–H and O–H groups in total. The fraction of sp³-hybridized carbons (Fsp3) is 0.500. The molecule has 0 spiro atoms. The van der Waals surface area contributed by atoms with Gasteiger partial charge in [-0.2, -0.15) is 0 Å². The van der Waals surface area contributed by atoms with E-state index < -0.39 is 0 Å². The van der Waals surface area contributed by atoms with E-state index in [2.05, 4.69) is 0 Å². The van der Waals surface area contributed by atoms with Crippen LogP contribution in [0.15, 0.2) is 18.2 Å². The van der Waals surface area contributed by atoms with Crippen LogP contribution in [0.1, 0.15) is 18.4 Å². The number of hydrogen-bond donors (Lipinski definition) is 1. The molecule has 19 heavy (non-hydrogen) atoms. The molecule has 0 bridgehead atoms. The second kappa shape index (κ2) is 6.26. The summed E-state index contributed by atoms with van der Waals surface area (Å²) in [5.74, 6) is 0.169. The number of benzene rings is 1. The van der Waals surface area contributed by atoms with Crippen LogP contribution in [0.2, 0.25) is 5.02 Å². The van der Waals surface area contributed by atoms with E-state index in [1.807, 2.05) is 35.0 Å². The van der Waals surface area contributed by atoms with Crippen molar-refractivity contribution in [2.45, 2.75) is 19.4 Å². The minimum Gasteiger partial charge on any atom is -0.365 e. The summed E-state index contributed by atoms with van der Waals surface area (Å²) in [7, 11) is 1.90. The van der Waals surface area contributed by atoms with Gasteiger partial charge in [-0.3, -0.25) is 4.79 Å². The molecule has 2 rings (SSSR count). The van der Waals surface area contributed by atoms with Gasteiger partial charge in [0.15, 0.2) is 0 Å². The monoisotopic (exact) mass is 281 g/mol. The highest BCUT2D eigenvalue weighted by atomic mass is 35.5. The topological polar surface area (TPSA) is 49.6 Å². The van der Waals surface area contributed by atoms with Crippen molar-refractivity contribution in [1.82, 2.24) is 4.90 Å². The summed E-state index contributed by atoms with van der Waals surface area (Å²) in [6, 6.07) is 5.66. The van der Waals surface area contributed by atoms with Crippen molar-refractivity contribution < 1.29 is 4.79 Å². The minimum absolute atomic E-state index is 0.169. The maximum absolute atomic E-state index is 12.1. The molecule has 1 saturated heterocycles. The van der Waals surface area contributed by atoms with Crippen molar-refractivity contribution in [2.24, 2.45) is 5.73 Å². The van der Waals surface area contributed by atoms with Crippen molar-refractivity contribution in [3.05, 3.63) is 28.8 Å². The van der Waals surface area contributed by atoms with Gasteiger partial charge in [0.25, 0.3) is 0 Å². The van der Waals surface area contributed by atoms with Gasteiger partial charge in [-0.15, -0.1) is 0 Å². The number of carbonyl (C=O) groups excluding carboxylic acids is 1. The predicted octanol–water partition coefficient (Wildman–Crippen LogP) is 1.86. The Morgan fingerprint density at radius 3 is 2.74 bits per heavy atom. The van der Waals surface area contributed by atoms with Gasteiger partial charge < -0.3 is 15.5 Å². The number of carbonyl (C=O) groups is 1. The molecule has 1 fully saturated rings. The van der Waals surface area contributed by atoms with Gasteiger partial charge in [-0.1, -0.05) is 17.7 Å². The summed E-state index contributed by atoms with van der Waals surface area (Å²) in [6.07, 6.45) is 2.22. The van der Waals surface area contributed by atoms with Crippen molar-refractivity contribution >= 4 is 23.2 Å². The summed E-state index contributed by atoms with van der Waals surface area (Å²) >= 11 is 6.14. The second-order valence-electron chi connectivity index (χ2n) is 4.89. The van der Waals surface area contributed by atoms with E-state index in [0.717, 1.165) is 37.2 Å². The van der Waals surface area contributed by atoms with E-state index in [-0.39, 0.29) is 5.91 Å². The van der Waals surface area contributed by atoms with Gasteiger partial charge >= 0.3 is 0 Å². The third-order valence-corrected chi connectivity index (χ3v) is 3.89. The van der Waals surface area contributed by atoms with Crippen molar-refractivity contribution in [1.29, 1.82) is 0 Å². The van der Waals surface area contributed by atoms with Crippen LogP contribution in [0, 0.1) is 0 Å². The standard InChI is InChI=1S/C14H20ClN3O/c1-17(10-14(19)18-7-2-3-8-18)13-6-4-5-12(15)11(13)9-16/h4-6H,2-3,7-10,16H2,1H3. The lowest BCUT2D eigenvalue weighted by Crippen LogP contribution is -2.37. The number of halogens is 1. The highest BCUT2D eigenvalue weighted by Crippen LogP contribution is 2.26. The third kappa shape index (κ3) is 3.19. The smallest absolute Gasteiger partial charge is 0.242 e. The predicted molar refractivity (Wildman–Crippen MR) is 78.4 cm³/mol. The van der Waals surface area contributed by atoms with E-state index >= 15 is 0 Å². The second-order valence-corrected chi connectivity index (χ2v) is 5.29. The number of rotatable bonds is 4. The molecule has 5 heteroatoms. The van der Waals surface area contributed by atoms with Crippen LogP contribution < -0.4 is 10.6 Å². The van der Waals surface area contributed by atoms with Crippen LogP contribution in [0.25, 0.3) is 0 Å². The molecule has 1 aromatic rings. The summed E-state index contributed by atoms with van der Waals surface area (Å²) in [5, 5.41) is 0.653. The molecule has 1 heterocycles. The van der Waals surface area contributed by atoms with E-state index in [1.54, 1.807) is 0 Å². The molecule has 0 aliphatic carbocycles.